The molecule has 4 nitrogen and oxygen atoms in total. The molecule has 0 aliphatic heterocycles. The highest BCUT2D eigenvalue weighted by Gasteiger charge is 2.26. The summed E-state index contributed by atoms with van der Waals surface area (Å²) in [5, 5.41) is 2.95. The molecule has 1 heterocycles. The summed E-state index contributed by atoms with van der Waals surface area (Å²) in [5.41, 5.74) is 1.40. The van der Waals surface area contributed by atoms with Gasteiger partial charge >= 0.3 is 6.18 Å². The highest BCUT2D eigenvalue weighted by atomic mass is 32.2. The molecule has 0 unspecified atom stereocenters. The van der Waals surface area contributed by atoms with E-state index in [-0.39, 0.29) is 11.4 Å². The van der Waals surface area contributed by atoms with Crippen LogP contribution in [0.4, 0.5) is 13.2 Å². The lowest BCUT2D eigenvalue weighted by Crippen LogP contribution is -2.28. The Morgan fingerprint density at radius 3 is 2.52 bits per heavy atom. The first-order valence-electron chi connectivity index (χ1n) is 6.13. The van der Waals surface area contributed by atoms with E-state index in [9.17, 15) is 21.6 Å². The second-order valence-corrected chi connectivity index (χ2v) is 6.95. The predicted octanol–water partition coefficient (Wildman–Crippen LogP) is 2.23. The fourth-order valence-corrected chi connectivity index (χ4v) is 2.81. The maximum Gasteiger partial charge on any atom is 0.401 e. The molecule has 0 radical (unpaired) electrons. The van der Waals surface area contributed by atoms with E-state index in [0.29, 0.717) is 10.9 Å². The third-order valence-electron chi connectivity index (χ3n) is 3.11. The predicted molar refractivity (Wildman–Crippen MR) is 73.8 cm³/mol. The molecule has 0 aliphatic carbocycles. The lowest BCUT2D eigenvalue weighted by atomic mass is 10.2. The zero-order chi connectivity index (χ0) is 15.8. The zero-order valence-corrected chi connectivity index (χ0v) is 12.3. The van der Waals surface area contributed by atoms with Crippen molar-refractivity contribution in [3.05, 3.63) is 30.0 Å². The van der Waals surface area contributed by atoms with Crippen molar-refractivity contribution in [2.24, 2.45) is 7.05 Å². The summed E-state index contributed by atoms with van der Waals surface area (Å²) < 4.78 is 61.3. The molecular weight excluding hydrogens is 305 g/mol. The first-order valence-corrected chi connectivity index (χ1v) is 8.02. The van der Waals surface area contributed by atoms with Gasteiger partial charge in [-0.05, 0) is 23.8 Å². The van der Waals surface area contributed by atoms with Crippen molar-refractivity contribution in [1.82, 2.24) is 9.88 Å². The summed E-state index contributed by atoms with van der Waals surface area (Å²) >= 11 is 0. The van der Waals surface area contributed by atoms with Gasteiger partial charge in [0.1, 0.15) is 0 Å². The summed E-state index contributed by atoms with van der Waals surface area (Å²) in [5.74, 6) is 0. The van der Waals surface area contributed by atoms with Crippen LogP contribution in [0.2, 0.25) is 0 Å². The van der Waals surface area contributed by atoms with Crippen LogP contribution in [0.15, 0.2) is 29.3 Å². The minimum Gasteiger partial charge on any atom is -0.350 e. The average molecular weight is 320 g/mol. The molecular formula is C13H15F3N2O2S. The summed E-state index contributed by atoms with van der Waals surface area (Å²) in [4.78, 5) is 0.151. The zero-order valence-electron chi connectivity index (χ0n) is 11.5. The van der Waals surface area contributed by atoms with Crippen LogP contribution >= 0.6 is 0 Å². The van der Waals surface area contributed by atoms with Crippen LogP contribution < -0.4 is 5.32 Å². The summed E-state index contributed by atoms with van der Waals surface area (Å²) in [6.07, 6.45) is -1.48. The molecule has 21 heavy (non-hydrogen) atoms. The van der Waals surface area contributed by atoms with Crippen molar-refractivity contribution < 1.29 is 21.6 Å². The SMILES string of the molecule is Cn1cc(CNCC(F)(F)F)c2cc(S(C)(=O)=O)ccc21. The van der Waals surface area contributed by atoms with E-state index in [2.05, 4.69) is 5.32 Å². The van der Waals surface area contributed by atoms with Crippen molar-refractivity contribution in [3.63, 3.8) is 0 Å². The van der Waals surface area contributed by atoms with Gasteiger partial charge in [0.25, 0.3) is 0 Å². The molecule has 0 saturated heterocycles. The first-order chi connectivity index (χ1) is 9.58. The Morgan fingerprint density at radius 2 is 1.95 bits per heavy atom. The van der Waals surface area contributed by atoms with Crippen molar-refractivity contribution in [2.45, 2.75) is 17.6 Å². The molecule has 0 bridgehead atoms. The standard InChI is InChI=1S/C13H15F3N2O2S/c1-18-7-9(6-17-8-13(14,15)16)11-5-10(21(2,19)20)3-4-12(11)18/h3-5,7,17H,6,8H2,1-2H3. The molecule has 0 aliphatic rings. The van der Waals surface area contributed by atoms with E-state index in [4.69, 9.17) is 0 Å². The average Bonchev–Trinajstić information content (AvgIpc) is 2.63. The van der Waals surface area contributed by atoms with Gasteiger partial charge in [0.2, 0.25) is 0 Å². The maximum atomic E-state index is 12.2. The molecule has 0 spiro atoms. The number of hydrogen-bond acceptors (Lipinski definition) is 3. The molecule has 2 aromatic rings. The topological polar surface area (TPSA) is 51.1 Å². The van der Waals surface area contributed by atoms with Crippen LogP contribution in [0.1, 0.15) is 5.56 Å². The normalized spacial score (nSPS) is 13.0. The van der Waals surface area contributed by atoms with Gasteiger partial charge in [-0.3, -0.25) is 0 Å². The third-order valence-corrected chi connectivity index (χ3v) is 4.22. The Morgan fingerprint density at radius 1 is 1.29 bits per heavy atom. The van der Waals surface area contributed by atoms with E-state index >= 15 is 0 Å². The molecule has 1 aromatic heterocycles. The van der Waals surface area contributed by atoms with Gasteiger partial charge in [-0.2, -0.15) is 13.2 Å². The van der Waals surface area contributed by atoms with Crippen molar-refractivity contribution >= 4 is 20.7 Å². The minimum atomic E-state index is -4.28. The number of sulfone groups is 1. The summed E-state index contributed by atoms with van der Waals surface area (Å²) in [6, 6.07) is 4.64. The number of aryl methyl sites for hydroxylation is 1. The number of hydrogen-bond donors (Lipinski definition) is 1. The molecule has 1 N–H and O–H groups in total. The van der Waals surface area contributed by atoms with Crippen LogP contribution in [0, 0.1) is 0 Å². The second-order valence-electron chi connectivity index (χ2n) is 4.94. The molecule has 0 amide bonds. The van der Waals surface area contributed by atoms with Gasteiger partial charge in [-0.25, -0.2) is 8.42 Å². The molecule has 2 rings (SSSR count). The first kappa shape index (κ1) is 15.8. The van der Waals surface area contributed by atoms with Gasteiger partial charge in [0.15, 0.2) is 9.84 Å². The fraction of sp³-hybridized carbons (Fsp3) is 0.385. The molecule has 1 aromatic carbocycles. The largest absolute Gasteiger partial charge is 0.401 e. The van der Waals surface area contributed by atoms with E-state index in [1.807, 2.05) is 0 Å². The maximum absolute atomic E-state index is 12.2. The van der Waals surface area contributed by atoms with Crippen molar-refractivity contribution in [1.29, 1.82) is 0 Å². The molecule has 0 saturated carbocycles. The Labute approximate surface area is 120 Å². The molecule has 8 heteroatoms. The van der Waals surface area contributed by atoms with Gasteiger partial charge in [0, 0.05) is 36.9 Å². The lowest BCUT2D eigenvalue weighted by molar-refractivity contribution is -0.125. The number of benzene rings is 1. The van der Waals surface area contributed by atoms with Crippen molar-refractivity contribution in [2.75, 3.05) is 12.8 Å². The quantitative estimate of drug-likeness (QED) is 0.940. The van der Waals surface area contributed by atoms with E-state index in [1.54, 1.807) is 23.9 Å². The van der Waals surface area contributed by atoms with Crippen molar-refractivity contribution in [3.8, 4) is 0 Å². The number of alkyl halides is 3. The van der Waals surface area contributed by atoms with Crippen LogP contribution in [0.25, 0.3) is 10.9 Å². The van der Waals surface area contributed by atoms with Gasteiger partial charge in [-0.15, -0.1) is 0 Å². The van der Waals surface area contributed by atoms with E-state index in [1.165, 1.54) is 12.1 Å². The Bertz CT molecular complexity index is 764. The smallest absolute Gasteiger partial charge is 0.350 e. The van der Waals surface area contributed by atoms with Gasteiger partial charge in [0.05, 0.1) is 11.4 Å². The number of halogens is 3. The van der Waals surface area contributed by atoms with Crippen LogP contribution in [-0.2, 0) is 23.4 Å². The van der Waals surface area contributed by atoms with Crippen LogP contribution in [-0.4, -0.2) is 32.0 Å². The van der Waals surface area contributed by atoms with Gasteiger partial charge < -0.3 is 9.88 Å². The number of fused-ring (bicyclic) bond motifs is 1. The molecule has 0 fully saturated rings. The monoisotopic (exact) mass is 320 g/mol. The lowest BCUT2D eigenvalue weighted by Gasteiger charge is -2.07. The number of nitrogens with one attached hydrogen (secondary N) is 1. The van der Waals surface area contributed by atoms with E-state index < -0.39 is 22.6 Å². The highest BCUT2D eigenvalue weighted by Crippen LogP contribution is 2.24. The Hall–Kier alpha value is -1.54. The van der Waals surface area contributed by atoms with Crippen LogP contribution in [0.3, 0.4) is 0 Å². The Balaban J connectivity index is 2.35. The van der Waals surface area contributed by atoms with Crippen LogP contribution in [0.5, 0.6) is 0 Å². The highest BCUT2D eigenvalue weighted by molar-refractivity contribution is 7.90. The molecule has 0 atom stereocenters. The minimum absolute atomic E-state index is 0.0179. The van der Waals surface area contributed by atoms with Gasteiger partial charge in [-0.1, -0.05) is 0 Å². The second kappa shape index (κ2) is 5.34. The third kappa shape index (κ3) is 3.76. The Kier molecular flexibility index (Phi) is 4.03. The molecule has 116 valence electrons. The number of nitrogens with zero attached hydrogens (tertiary/aromatic N) is 1. The number of aromatic nitrogens is 1. The van der Waals surface area contributed by atoms with E-state index in [0.717, 1.165) is 11.8 Å². The fourth-order valence-electron chi connectivity index (χ4n) is 2.16. The summed E-state index contributed by atoms with van der Waals surface area (Å²) in [6.45, 7) is -1.07. The summed E-state index contributed by atoms with van der Waals surface area (Å²) in [7, 11) is -1.60. The number of rotatable bonds is 4.